The van der Waals surface area contributed by atoms with Crippen LogP contribution in [0.3, 0.4) is 0 Å². The van der Waals surface area contributed by atoms with Crippen LogP contribution < -0.4 is 0 Å². The minimum Gasteiger partial charge on any atom is -0.0841 e. The Hall–Kier alpha value is -1.04. The third-order valence-corrected chi connectivity index (χ3v) is 3.83. The number of allylic oxidation sites excluding steroid dienone is 2. The molecule has 0 aliphatic heterocycles. The lowest BCUT2D eigenvalue weighted by Crippen LogP contribution is -2.01. The standard InChI is InChI=1S/C15H22/c1-8-9(2)15-13(6)11(4)10(3)12(5)14(15)7/h8H,1-7H3/b9-8+. The Bertz CT molecular complexity index is 391. The summed E-state index contributed by atoms with van der Waals surface area (Å²) in [7, 11) is 0. The Kier molecular flexibility index (Phi) is 3.38. The third kappa shape index (κ3) is 1.86. The molecule has 0 bridgehead atoms. The largest absolute Gasteiger partial charge is 0.0841 e. The first-order valence-electron chi connectivity index (χ1n) is 5.62. The van der Waals surface area contributed by atoms with Crippen LogP contribution >= 0.6 is 0 Å². The van der Waals surface area contributed by atoms with Crippen molar-refractivity contribution in [3.8, 4) is 0 Å². The molecule has 0 saturated carbocycles. The van der Waals surface area contributed by atoms with Gasteiger partial charge in [-0.3, -0.25) is 0 Å². The highest BCUT2D eigenvalue weighted by Crippen LogP contribution is 2.30. The van der Waals surface area contributed by atoms with Gasteiger partial charge in [0.15, 0.2) is 0 Å². The first-order valence-corrected chi connectivity index (χ1v) is 5.62. The van der Waals surface area contributed by atoms with Gasteiger partial charge >= 0.3 is 0 Å². The molecule has 0 heteroatoms. The Balaban J connectivity index is 3.67. The maximum absolute atomic E-state index is 2.23. The van der Waals surface area contributed by atoms with E-state index in [2.05, 4.69) is 54.5 Å². The van der Waals surface area contributed by atoms with Gasteiger partial charge in [0, 0.05) is 0 Å². The summed E-state index contributed by atoms with van der Waals surface area (Å²) >= 11 is 0. The zero-order valence-electron chi connectivity index (χ0n) is 11.1. The topological polar surface area (TPSA) is 0 Å². The zero-order chi connectivity index (χ0) is 11.7. The summed E-state index contributed by atoms with van der Waals surface area (Å²) < 4.78 is 0. The first kappa shape index (κ1) is 12.0. The number of benzene rings is 1. The molecular weight excluding hydrogens is 180 g/mol. The van der Waals surface area contributed by atoms with Gasteiger partial charge in [-0.2, -0.15) is 0 Å². The molecule has 0 amide bonds. The summed E-state index contributed by atoms with van der Waals surface area (Å²) in [5.74, 6) is 0. The van der Waals surface area contributed by atoms with Crippen LogP contribution in [0.25, 0.3) is 5.57 Å². The smallest absolute Gasteiger partial charge is 0.0167 e. The third-order valence-electron chi connectivity index (χ3n) is 3.83. The molecule has 0 aliphatic carbocycles. The highest BCUT2D eigenvalue weighted by Gasteiger charge is 2.12. The fourth-order valence-corrected chi connectivity index (χ4v) is 2.24. The minimum atomic E-state index is 1.39. The van der Waals surface area contributed by atoms with Gasteiger partial charge in [0.1, 0.15) is 0 Å². The lowest BCUT2D eigenvalue weighted by Gasteiger charge is -2.19. The Morgan fingerprint density at radius 1 is 0.733 bits per heavy atom. The van der Waals surface area contributed by atoms with E-state index in [4.69, 9.17) is 0 Å². The van der Waals surface area contributed by atoms with Crippen LogP contribution in [0.2, 0.25) is 0 Å². The van der Waals surface area contributed by atoms with Crippen molar-refractivity contribution in [1.29, 1.82) is 0 Å². The van der Waals surface area contributed by atoms with E-state index in [0.717, 1.165) is 0 Å². The van der Waals surface area contributed by atoms with Gasteiger partial charge in [-0.25, -0.2) is 0 Å². The second-order valence-corrected chi connectivity index (χ2v) is 4.47. The maximum atomic E-state index is 2.23. The predicted octanol–water partition coefficient (Wildman–Crippen LogP) is 4.65. The van der Waals surface area contributed by atoms with Gasteiger partial charge in [0.25, 0.3) is 0 Å². The Labute approximate surface area is 94.0 Å². The van der Waals surface area contributed by atoms with Crippen molar-refractivity contribution in [2.24, 2.45) is 0 Å². The number of hydrogen-bond donors (Lipinski definition) is 0. The summed E-state index contributed by atoms with van der Waals surface area (Å²) in [6.07, 6.45) is 2.20. The fraction of sp³-hybridized carbons (Fsp3) is 0.467. The molecule has 0 atom stereocenters. The van der Waals surface area contributed by atoms with Crippen LogP contribution in [0.15, 0.2) is 6.08 Å². The van der Waals surface area contributed by atoms with Gasteiger partial charge in [0.05, 0.1) is 0 Å². The predicted molar refractivity (Wildman–Crippen MR) is 69.5 cm³/mol. The van der Waals surface area contributed by atoms with Crippen molar-refractivity contribution in [1.82, 2.24) is 0 Å². The minimum absolute atomic E-state index is 1.39. The summed E-state index contributed by atoms with van der Waals surface area (Å²) in [5.41, 5.74) is 10.0. The lowest BCUT2D eigenvalue weighted by molar-refractivity contribution is 1.15. The maximum Gasteiger partial charge on any atom is -0.0167 e. The SMILES string of the molecule is C/C=C(\C)c1c(C)c(C)c(C)c(C)c1C. The molecule has 15 heavy (non-hydrogen) atoms. The van der Waals surface area contributed by atoms with Gasteiger partial charge < -0.3 is 0 Å². The molecule has 0 N–H and O–H groups in total. The van der Waals surface area contributed by atoms with Crippen LogP contribution in [0, 0.1) is 34.6 Å². The summed E-state index contributed by atoms with van der Waals surface area (Å²) in [4.78, 5) is 0. The normalized spacial score (nSPS) is 12.1. The van der Waals surface area contributed by atoms with E-state index < -0.39 is 0 Å². The second-order valence-electron chi connectivity index (χ2n) is 4.47. The molecule has 1 aromatic rings. The van der Waals surface area contributed by atoms with Crippen LogP contribution in [0.5, 0.6) is 0 Å². The monoisotopic (exact) mass is 202 g/mol. The molecule has 82 valence electrons. The van der Waals surface area contributed by atoms with E-state index in [1.807, 2.05) is 0 Å². The Morgan fingerprint density at radius 3 is 1.40 bits per heavy atom. The molecule has 0 nitrogen and oxygen atoms in total. The molecule has 0 spiro atoms. The number of hydrogen-bond acceptors (Lipinski definition) is 0. The summed E-state index contributed by atoms with van der Waals surface area (Å²) in [5, 5.41) is 0. The molecule has 0 aromatic heterocycles. The molecule has 0 saturated heterocycles. The van der Waals surface area contributed by atoms with Gasteiger partial charge in [-0.05, 0) is 87.4 Å². The molecule has 0 heterocycles. The van der Waals surface area contributed by atoms with E-state index >= 15 is 0 Å². The van der Waals surface area contributed by atoms with Crippen molar-refractivity contribution >= 4 is 5.57 Å². The van der Waals surface area contributed by atoms with E-state index in [-0.39, 0.29) is 0 Å². The average molecular weight is 202 g/mol. The quantitative estimate of drug-likeness (QED) is 0.621. The molecule has 1 rings (SSSR count). The second kappa shape index (κ2) is 4.22. The number of rotatable bonds is 1. The van der Waals surface area contributed by atoms with E-state index in [1.165, 1.54) is 39.0 Å². The van der Waals surface area contributed by atoms with E-state index in [0.29, 0.717) is 0 Å². The van der Waals surface area contributed by atoms with Crippen molar-refractivity contribution < 1.29 is 0 Å². The zero-order valence-corrected chi connectivity index (χ0v) is 11.1. The van der Waals surface area contributed by atoms with Crippen molar-refractivity contribution in [3.05, 3.63) is 39.5 Å². The first-order chi connectivity index (χ1) is 6.91. The molecule has 0 unspecified atom stereocenters. The van der Waals surface area contributed by atoms with Gasteiger partial charge in [0.2, 0.25) is 0 Å². The van der Waals surface area contributed by atoms with Gasteiger partial charge in [-0.1, -0.05) is 6.08 Å². The molecule has 1 aromatic carbocycles. The molecular formula is C15H22. The van der Waals surface area contributed by atoms with E-state index in [1.54, 1.807) is 0 Å². The Morgan fingerprint density at radius 2 is 1.07 bits per heavy atom. The van der Waals surface area contributed by atoms with Crippen LogP contribution in [-0.4, -0.2) is 0 Å². The highest BCUT2D eigenvalue weighted by atomic mass is 14.2. The van der Waals surface area contributed by atoms with Crippen molar-refractivity contribution in [2.75, 3.05) is 0 Å². The van der Waals surface area contributed by atoms with Gasteiger partial charge in [-0.15, -0.1) is 0 Å². The van der Waals surface area contributed by atoms with Crippen LogP contribution in [0.4, 0.5) is 0 Å². The van der Waals surface area contributed by atoms with Crippen LogP contribution in [0.1, 0.15) is 47.2 Å². The molecule has 0 aliphatic rings. The van der Waals surface area contributed by atoms with E-state index in [9.17, 15) is 0 Å². The fourth-order valence-electron chi connectivity index (χ4n) is 2.24. The molecule has 0 radical (unpaired) electrons. The van der Waals surface area contributed by atoms with Crippen molar-refractivity contribution in [2.45, 2.75) is 48.5 Å². The highest BCUT2D eigenvalue weighted by molar-refractivity contribution is 5.72. The summed E-state index contributed by atoms with van der Waals surface area (Å²) in [6, 6.07) is 0. The van der Waals surface area contributed by atoms with Crippen molar-refractivity contribution in [3.63, 3.8) is 0 Å². The molecule has 0 fully saturated rings. The summed E-state index contributed by atoms with van der Waals surface area (Å²) in [6.45, 7) is 15.4. The van der Waals surface area contributed by atoms with Crippen LogP contribution in [-0.2, 0) is 0 Å². The lowest BCUT2D eigenvalue weighted by atomic mass is 9.86. The average Bonchev–Trinajstić information content (AvgIpc) is 2.23.